The zero-order valence-corrected chi connectivity index (χ0v) is 14.4. The van der Waals surface area contributed by atoms with Crippen molar-refractivity contribution in [3.63, 3.8) is 0 Å². The van der Waals surface area contributed by atoms with Crippen molar-refractivity contribution in [1.82, 2.24) is 14.8 Å². The third kappa shape index (κ3) is 3.67. The minimum atomic E-state index is -0.372. The van der Waals surface area contributed by atoms with Gasteiger partial charge in [0, 0.05) is 16.7 Å². The largest absolute Gasteiger partial charge is 0.292 e. The van der Waals surface area contributed by atoms with Crippen LogP contribution in [0.5, 0.6) is 0 Å². The predicted molar refractivity (Wildman–Crippen MR) is 102 cm³/mol. The smallest absolute Gasteiger partial charge is 0.184 e. The molecule has 0 fully saturated rings. The summed E-state index contributed by atoms with van der Waals surface area (Å²) in [5, 5.41) is 4.55. The van der Waals surface area contributed by atoms with E-state index in [2.05, 4.69) is 10.1 Å². The molecule has 4 nitrogen and oxygen atoms in total. The van der Waals surface area contributed by atoms with Crippen molar-refractivity contribution in [2.45, 2.75) is 6.54 Å². The van der Waals surface area contributed by atoms with Crippen LogP contribution in [0.1, 0.15) is 10.4 Å². The van der Waals surface area contributed by atoms with E-state index < -0.39 is 0 Å². The molecule has 0 spiro atoms. The van der Waals surface area contributed by atoms with Gasteiger partial charge in [-0.3, -0.25) is 4.79 Å². The average molecular weight is 357 g/mol. The van der Waals surface area contributed by atoms with Crippen LogP contribution in [0.25, 0.3) is 22.8 Å². The van der Waals surface area contributed by atoms with Gasteiger partial charge in [-0.1, -0.05) is 60.7 Å². The topological polar surface area (TPSA) is 47.8 Å². The highest BCUT2D eigenvalue weighted by Crippen LogP contribution is 2.22. The molecule has 0 saturated carbocycles. The number of carbonyl (C=O) groups is 1. The lowest BCUT2D eigenvalue weighted by Gasteiger charge is -2.05. The molecule has 0 radical (unpaired) electrons. The number of benzene rings is 3. The zero-order chi connectivity index (χ0) is 18.6. The molecule has 4 aromatic rings. The molecular weight excluding hydrogens is 341 g/mol. The highest BCUT2D eigenvalue weighted by atomic mass is 19.1. The second-order valence-electron chi connectivity index (χ2n) is 6.08. The van der Waals surface area contributed by atoms with Gasteiger partial charge in [-0.05, 0) is 24.3 Å². The highest BCUT2D eigenvalue weighted by molar-refractivity contribution is 5.96. The number of ketones is 1. The van der Waals surface area contributed by atoms with Crippen LogP contribution >= 0.6 is 0 Å². The first-order valence-corrected chi connectivity index (χ1v) is 8.55. The first-order valence-electron chi connectivity index (χ1n) is 8.55. The molecule has 0 atom stereocenters. The van der Waals surface area contributed by atoms with E-state index in [-0.39, 0.29) is 18.1 Å². The van der Waals surface area contributed by atoms with Crippen LogP contribution in [0.2, 0.25) is 0 Å². The van der Waals surface area contributed by atoms with Gasteiger partial charge in [0.1, 0.15) is 12.4 Å². The number of rotatable bonds is 5. The molecule has 4 rings (SSSR count). The second-order valence-corrected chi connectivity index (χ2v) is 6.08. The number of halogens is 1. The summed E-state index contributed by atoms with van der Waals surface area (Å²) in [4.78, 5) is 17.3. The lowest BCUT2D eigenvalue weighted by Crippen LogP contribution is -2.13. The fraction of sp³-hybridized carbons (Fsp3) is 0.0455. The summed E-state index contributed by atoms with van der Waals surface area (Å²) in [6.45, 7) is 0.0235. The molecule has 0 saturated heterocycles. The number of nitrogens with zero attached hydrogens (tertiary/aromatic N) is 3. The fourth-order valence-electron chi connectivity index (χ4n) is 2.83. The van der Waals surface area contributed by atoms with Crippen LogP contribution in [0.4, 0.5) is 4.39 Å². The fourth-order valence-corrected chi connectivity index (χ4v) is 2.83. The molecule has 132 valence electrons. The summed E-state index contributed by atoms with van der Waals surface area (Å²) in [6.07, 6.45) is 0. The van der Waals surface area contributed by atoms with Crippen LogP contribution < -0.4 is 0 Å². The third-order valence-corrected chi connectivity index (χ3v) is 4.20. The zero-order valence-electron chi connectivity index (χ0n) is 14.4. The molecule has 0 aliphatic rings. The Hall–Kier alpha value is -3.60. The van der Waals surface area contributed by atoms with Crippen molar-refractivity contribution in [2.75, 3.05) is 0 Å². The van der Waals surface area contributed by atoms with Crippen molar-refractivity contribution >= 4 is 5.78 Å². The van der Waals surface area contributed by atoms with Gasteiger partial charge in [0.15, 0.2) is 17.4 Å². The molecule has 1 aromatic heterocycles. The summed E-state index contributed by atoms with van der Waals surface area (Å²) in [6, 6.07) is 24.7. The summed E-state index contributed by atoms with van der Waals surface area (Å²) in [7, 11) is 0. The van der Waals surface area contributed by atoms with Gasteiger partial charge in [-0.2, -0.15) is 0 Å². The van der Waals surface area contributed by atoms with Crippen molar-refractivity contribution in [3.05, 3.63) is 96.3 Å². The highest BCUT2D eigenvalue weighted by Gasteiger charge is 2.16. The van der Waals surface area contributed by atoms with Crippen molar-refractivity contribution in [2.24, 2.45) is 0 Å². The Morgan fingerprint density at radius 2 is 1.41 bits per heavy atom. The number of carbonyl (C=O) groups excluding carboxylic acids is 1. The molecule has 0 aliphatic carbocycles. The van der Waals surface area contributed by atoms with Crippen molar-refractivity contribution < 1.29 is 9.18 Å². The van der Waals surface area contributed by atoms with E-state index in [1.54, 1.807) is 4.68 Å². The Morgan fingerprint density at radius 3 is 2.04 bits per heavy atom. The van der Waals surface area contributed by atoms with Gasteiger partial charge in [0.25, 0.3) is 0 Å². The Morgan fingerprint density at radius 1 is 0.815 bits per heavy atom. The Bertz CT molecular complexity index is 1060. The molecule has 0 amide bonds. The van der Waals surface area contributed by atoms with E-state index in [1.165, 1.54) is 24.3 Å². The van der Waals surface area contributed by atoms with Crippen molar-refractivity contribution in [1.29, 1.82) is 0 Å². The van der Waals surface area contributed by atoms with Crippen LogP contribution in [-0.2, 0) is 6.54 Å². The number of hydrogen-bond acceptors (Lipinski definition) is 3. The Labute approximate surface area is 155 Å². The van der Waals surface area contributed by atoms with Crippen LogP contribution in [-0.4, -0.2) is 20.5 Å². The molecule has 27 heavy (non-hydrogen) atoms. The predicted octanol–water partition coefficient (Wildman–Crippen LogP) is 4.63. The van der Waals surface area contributed by atoms with Gasteiger partial charge < -0.3 is 0 Å². The van der Waals surface area contributed by atoms with E-state index in [0.717, 1.165) is 11.1 Å². The normalized spacial score (nSPS) is 10.7. The Kier molecular flexibility index (Phi) is 4.58. The minimum Gasteiger partial charge on any atom is -0.292 e. The molecule has 0 N–H and O–H groups in total. The van der Waals surface area contributed by atoms with Crippen molar-refractivity contribution in [3.8, 4) is 22.8 Å². The molecule has 1 heterocycles. The maximum atomic E-state index is 13.1. The van der Waals surface area contributed by atoms with Gasteiger partial charge >= 0.3 is 0 Å². The number of aromatic nitrogens is 3. The third-order valence-electron chi connectivity index (χ3n) is 4.20. The maximum Gasteiger partial charge on any atom is 0.184 e. The lowest BCUT2D eigenvalue weighted by molar-refractivity contribution is 0.0968. The standard InChI is InChI=1S/C22H16FN3O/c23-19-13-11-16(12-14-19)20(27)15-26-22(18-9-5-2-6-10-18)24-21(25-26)17-7-3-1-4-8-17/h1-14H,15H2. The van der Waals surface area contributed by atoms with E-state index in [1.807, 2.05) is 60.7 Å². The SMILES string of the molecule is O=C(Cn1nc(-c2ccccc2)nc1-c1ccccc1)c1ccc(F)cc1. The summed E-state index contributed by atoms with van der Waals surface area (Å²) in [5.74, 6) is 0.645. The summed E-state index contributed by atoms with van der Waals surface area (Å²) < 4.78 is 14.7. The minimum absolute atomic E-state index is 0.0235. The molecule has 0 bridgehead atoms. The molecular formula is C22H16FN3O. The summed E-state index contributed by atoms with van der Waals surface area (Å²) >= 11 is 0. The maximum absolute atomic E-state index is 13.1. The van der Waals surface area contributed by atoms with E-state index >= 15 is 0 Å². The molecule has 0 aliphatic heterocycles. The first-order chi connectivity index (χ1) is 13.2. The van der Waals surface area contributed by atoms with Gasteiger partial charge in [0.05, 0.1) is 0 Å². The molecule has 3 aromatic carbocycles. The first kappa shape index (κ1) is 16.8. The average Bonchev–Trinajstić information content (AvgIpc) is 3.13. The number of hydrogen-bond donors (Lipinski definition) is 0. The van der Waals surface area contributed by atoms with E-state index in [9.17, 15) is 9.18 Å². The number of Topliss-reactive ketones (excluding diaryl/α,β-unsaturated/α-hetero) is 1. The second kappa shape index (κ2) is 7.33. The Balaban J connectivity index is 1.73. The van der Waals surface area contributed by atoms with Gasteiger partial charge in [0.2, 0.25) is 0 Å². The summed E-state index contributed by atoms with van der Waals surface area (Å²) in [5.41, 5.74) is 2.19. The molecule has 0 unspecified atom stereocenters. The van der Waals surface area contributed by atoms with Crippen LogP contribution in [0, 0.1) is 5.82 Å². The van der Waals surface area contributed by atoms with Crippen LogP contribution in [0.15, 0.2) is 84.9 Å². The van der Waals surface area contributed by atoms with E-state index in [0.29, 0.717) is 17.2 Å². The quantitative estimate of drug-likeness (QED) is 0.489. The van der Waals surface area contributed by atoms with Crippen LogP contribution in [0.3, 0.4) is 0 Å². The monoisotopic (exact) mass is 357 g/mol. The molecule has 5 heteroatoms. The van der Waals surface area contributed by atoms with Gasteiger partial charge in [-0.25, -0.2) is 14.1 Å². The van der Waals surface area contributed by atoms with Gasteiger partial charge in [-0.15, -0.1) is 5.10 Å². The van der Waals surface area contributed by atoms with E-state index in [4.69, 9.17) is 0 Å². The lowest BCUT2D eigenvalue weighted by atomic mass is 10.1.